The smallest absolute Gasteiger partial charge is 0.377 e. The van der Waals surface area contributed by atoms with Crippen molar-refractivity contribution < 1.29 is 14.1 Å². The number of hydrogen-bond acceptors (Lipinski definition) is 4. The molecular formula is C6H6ClNO3. The number of nitrogens with zero attached hydrogens (tertiary/aromatic N) is 1. The molecular weight excluding hydrogens is 170 g/mol. The maximum absolute atomic E-state index is 10.8. The number of halogens is 1. The SMILES string of the molecule is CCOC(=O)c1cc(Cl)no1. The third-order valence-corrected chi connectivity index (χ3v) is 1.14. The Balaban J connectivity index is 2.69. The fourth-order valence-electron chi connectivity index (χ4n) is 0.552. The Morgan fingerprint density at radius 3 is 3.09 bits per heavy atom. The van der Waals surface area contributed by atoms with Crippen molar-refractivity contribution in [2.45, 2.75) is 6.92 Å². The lowest BCUT2D eigenvalue weighted by molar-refractivity contribution is 0.0479. The summed E-state index contributed by atoms with van der Waals surface area (Å²) in [6.07, 6.45) is 0. The Morgan fingerprint density at radius 2 is 2.64 bits per heavy atom. The van der Waals surface area contributed by atoms with Crippen molar-refractivity contribution in [3.05, 3.63) is 17.0 Å². The normalized spacial score (nSPS) is 9.64. The van der Waals surface area contributed by atoms with E-state index in [4.69, 9.17) is 11.6 Å². The van der Waals surface area contributed by atoms with Gasteiger partial charge in [-0.25, -0.2) is 4.79 Å². The summed E-state index contributed by atoms with van der Waals surface area (Å²) in [7, 11) is 0. The Labute approximate surface area is 68.1 Å². The third-order valence-electron chi connectivity index (χ3n) is 0.958. The number of aromatic nitrogens is 1. The van der Waals surface area contributed by atoms with Crippen LogP contribution in [0.4, 0.5) is 0 Å². The second-order valence-corrected chi connectivity index (χ2v) is 2.12. The van der Waals surface area contributed by atoms with Crippen LogP contribution in [0.2, 0.25) is 5.15 Å². The van der Waals surface area contributed by atoms with E-state index in [1.165, 1.54) is 6.07 Å². The van der Waals surface area contributed by atoms with Crippen LogP contribution in [0.15, 0.2) is 10.6 Å². The van der Waals surface area contributed by atoms with Crippen LogP contribution in [0, 0.1) is 0 Å². The summed E-state index contributed by atoms with van der Waals surface area (Å²) in [4.78, 5) is 10.8. The van der Waals surface area contributed by atoms with Crippen LogP contribution in [0.5, 0.6) is 0 Å². The molecule has 4 nitrogen and oxygen atoms in total. The number of rotatable bonds is 2. The Morgan fingerprint density at radius 1 is 1.91 bits per heavy atom. The van der Waals surface area contributed by atoms with Gasteiger partial charge in [0.1, 0.15) is 0 Å². The van der Waals surface area contributed by atoms with Crippen LogP contribution in [-0.2, 0) is 4.74 Å². The minimum atomic E-state index is -0.549. The standard InChI is InChI=1S/C6H6ClNO3/c1-2-10-6(9)4-3-5(7)8-11-4/h3H,2H2,1H3. The Hall–Kier alpha value is -1.03. The van der Waals surface area contributed by atoms with Crippen molar-refractivity contribution in [3.63, 3.8) is 0 Å². The molecule has 1 heterocycles. The molecule has 0 aromatic carbocycles. The lowest BCUT2D eigenvalue weighted by Gasteiger charge is -1.93. The summed E-state index contributed by atoms with van der Waals surface area (Å²) in [5, 5.41) is 3.46. The predicted octanol–water partition coefficient (Wildman–Crippen LogP) is 1.50. The first-order chi connectivity index (χ1) is 5.24. The number of carbonyl (C=O) groups excluding carboxylic acids is 1. The second kappa shape index (κ2) is 3.39. The van der Waals surface area contributed by atoms with E-state index in [9.17, 15) is 4.79 Å². The molecule has 0 radical (unpaired) electrons. The number of hydrogen-bond donors (Lipinski definition) is 0. The number of ether oxygens (including phenoxy) is 1. The highest BCUT2D eigenvalue weighted by molar-refractivity contribution is 6.29. The lowest BCUT2D eigenvalue weighted by atomic mass is 10.5. The van der Waals surface area contributed by atoms with Crippen LogP contribution < -0.4 is 0 Å². The van der Waals surface area contributed by atoms with Crippen LogP contribution in [0.3, 0.4) is 0 Å². The predicted molar refractivity (Wildman–Crippen MR) is 37.5 cm³/mol. The first-order valence-corrected chi connectivity index (χ1v) is 3.41. The quantitative estimate of drug-likeness (QED) is 0.640. The minimum Gasteiger partial charge on any atom is -0.460 e. The van der Waals surface area contributed by atoms with Crippen molar-refractivity contribution in [1.82, 2.24) is 5.16 Å². The van der Waals surface area contributed by atoms with Crippen LogP contribution >= 0.6 is 11.6 Å². The molecule has 0 saturated carbocycles. The van der Waals surface area contributed by atoms with Gasteiger partial charge in [0.05, 0.1) is 6.61 Å². The van der Waals surface area contributed by atoms with Gasteiger partial charge < -0.3 is 9.26 Å². The van der Waals surface area contributed by atoms with Crippen molar-refractivity contribution in [3.8, 4) is 0 Å². The van der Waals surface area contributed by atoms with E-state index < -0.39 is 5.97 Å². The van der Waals surface area contributed by atoms with Crippen LogP contribution in [0.25, 0.3) is 0 Å². The highest BCUT2D eigenvalue weighted by Gasteiger charge is 2.12. The third kappa shape index (κ3) is 1.94. The molecule has 5 heteroatoms. The average molecular weight is 176 g/mol. The molecule has 1 aromatic rings. The summed E-state index contributed by atoms with van der Waals surface area (Å²) in [6, 6.07) is 1.31. The van der Waals surface area contributed by atoms with E-state index >= 15 is 0 Å². The van der Waals surface area contributed by atoms with Gasteiger partial charge in [-0.05, 0) is 6.92 Å². The van der Waals surface area contributed by atoms with Crippen molar-refractivity contribution in [2.75, 3.05) is 6.61 Å². The second-order valence-electron chi connectivity index (χ2n) is 1.73. The highest BCUT2D eigenvalue weighted by Crippen LogP contribution is 2.09. The zero-order chi connectivity index (χ0) is 8.27. The topological polar surface area (TPSA) is 52.3 Å². The van der Waals surface area contributed by atoms with E-state index in [0.717, 1.165) is 0 Å². The summed E-state index contributed by atoms with van der Waals surface area (Å²) in [6.45, 7) is 2.01. The van der Waals surface area contributed by atoms with Gasteiger partial charge in [0.2, 0.25) is 5.76 Å². The molecule has 0 amide bonds. The van der Waals surface area contributed by atoms with Gasteiger partial charge in [-0.3, -0.25) is 0 Å². The average Bonchev–Trinajstić information content (AvgIpc) is 2.36. The van der Waals surface area contributed by atoms with Crippen molar-refractivity contribution >= 4 is 17.6 Å². The molecule has 0 atom stereocenters. The lowest BCUT2D eigenvalue weighted by Crippen LogP contribution is -2.02. The van der Waals surface area contributed by atoms with Gasteiger partial charge in [0.25, 0.3) is 0 Å². The molecule has 60 valence electrons. The molecule has 0 spiro atoms. The van der Waals surface area contributed by atoms with Gasteiger partial charge in [-0.2, -0.15) is 0 Å². The zero-order valence-electron chi connectivity index (χ0n) is 5.83. The maximum Gasteiger partial charge on any atom is 0.377 e. The van der Waals surface area contributed by atoms with Gasteiger partial charge in [-0.1, -0.05) is 16.8 Å². The molecule has 0 bridgehead atoms. The summed E-state index contributed by atoms with van der Waals surface area (Å²) in [5.41, 5.74) is 0. The Bertz CT molecular complexity index is 258. The minimum absolute atomic E-state index is 0.0249. The molecule has 0 aliphatic heterocycles. The molecule has 1 aromatic heterocycles. The first-order valence-electron chi connectivity index (χ1n) is 3.03. The largest absolute Gasteiger partial charge is 0.460 e. The molecule has 0 unspecified atom stereocenters. The fourth-order valence-corrected chi connectivity index (χ4v) is 0.686. The molecule has 0 N–H and O–H groups in total. The molecule has 0 fully saturated rings. The van der Waals surface area contributed by atoms with Gasteiger partial charge >= 0.3 is 5.97 Å². The molecule has 0 aliphatic carbocycles. The maximum atomic E-state index is 10.8. The summed E-state index contributed by atoms with van der Waals surface area (Å²) in [5.74, 6) is -0.524. The van der Waals surface area contributed by atoms with E-state index in [2.05, 4.69) is 14.4 Å². The summed E-state index contributed by atoms with van der Waals surface area (Å²) < 4.78 is 9.13. The molecule has 11 heavy (non-hydrogen) atoms. The van der Waals surface area contributed by atoms with Gasteiger partial charge in [0, 0.05) is 6.07 Å². The number of carbonyl (C=O) groups is 1. The molecule has 1 rings (SSSR count). The van der Waals surface area contributed by atoms with Crippen molar-refractivity contribution in [1.29, 1.82) is 0 Å². The van der Waals surface area contributed by atoms with Crippen LogP contribution in [0.1, 0.15) is 17.5 Å². The molecule has 0 saturated heterocycles. The highest BCUT2D eigenvalue weighted by atomic mass is 35.5. The van der Waals surface area contributed by atoms with E-state index in [-0.39, 0.29) is 10.9 Å². The van der Waals surface area contributed by atoms with E-state index in [1.54, 1.807) is 6.92 Å². The Kier molecular flexibility index (Phi) is 2.48. The van der Waals surface area contributed by atoms with E-state index in [0.29, 0.717) is 6.61 Å². The molecule has 0 aliphatic rings. The van der Waals surface area contributed by atoms with E-state index in [1.807, 2.05) is 0 Å². The first kappa shape index (κ1) is 8.07. The van der Waals surface area contributed by atoms with Gasteiger partial charge in [0.15, 0.2) is 5.15 Å². The fraction of sp³-hybridized carbons (Fsp3) is 0.333. The number of esters is 1. The monoisotopic (exact) mass is 175 g/mol. The zero-order valence-corrected chi connectivity index (χ0v) is 6.59. The van der Waals surface area contributed by atoms with Crippen LogP contribution in [-0.4, -0.2) is 17.7 Å². The summed E-state index contributed by atoms with van der Waals surface area (Å²) >= 11 is 5.39. The van der Waals surface area contributed by atoms with Gasteiger partial charge in [-0.15, -0.1) is 0 Å². The van der Waals surface area contributed by atoms with Crippen molar-refractivity contribution in [2.24, 2.45) is 0 Å².